The third-order valence-corrected chi connectivity index (χ3v) is 3.37. The Balaban J connectivity index is 2.41. The number of rotatable bonds is 4. The highest BCUT2D eigenvalue weighted by atomic mass is 35.5. The lowest BCUT2D eigenvalue weighted by molar-refractivity contribution is -0.136. The maximum absolute atomic E-state index is 10.9. The molecule has 0 atom stereocenters. The minimum absolute atomic E-state index is 0.119. The number of nitrogens with one attached hydrogen (secondary N) is 1. The van der Waals surface area contributed by atoms with Crippen molar-refractivity contribution in [2.75, 3.05) is 5.32 Å². The van der Waals surface area contributed by atoms with E-state index in [9.17, 15) is 4.79 Å². The molecule has 2 aromatic rings. The minimum Gasteiger partial charge on any atom is -0.481 e. The Morgan fingerprint density at radius 1 is 1.11 bits per heavy atom. The number of para-hydroxylation sites is 1. The van der Waals surface area contributed by atoms with E-state index in [0.717, 1.165) is 5.69 Å². The lowest BCUT2D eigenvalue weighted by Gasteiger charge is -2.14. The van der Waals surface area contributed by atoms with Crippen molar-refractivity contribution < 1.29 is 9.90 Å². The molecule has 5 heteroatoms. The highest BCUT2D eigenvalue weighted by molar-refractivity contribution is 6.44. The van der Waals surface area contributed by atoms with Gasteiger partial charge in [-0.3, -0.25) is 4.79 Å². The van der Waals surface area contributed by atoms with Crippen LogP contribution in [0.5, 0.6) is 0 Å². The third-order valence-electron chi connectivity index (χ3n) is 2.57. The summed E-state index contributed by atoms with van der Waals surface area (Å²) < 4.78 is 0. The van der Waals surface area contributed by atoms with Gasteiger partial charge >= 0.3 is 5.97 Å². The smallest absolute Gasteiger partial charge is 0.307 e. The predicted octanol–water partition coefficient (Wildman–Crippen LogP) is 4.36. The molecular formula is C14H11Cl2NO2. The van der Waals surface area contributed by atoms with E-state index in [2.05, 4.69) is 5.32 Å². The number of anilines is 2. The second-order valence-electron chi connectivity index (χ2n) is 3.96. The number of carbonyl (C=O) groups is 1. The summed E-state index contributed by atoms with van der Waals surface area (Å²) >= 11 is 12.1. The molecule has 0 aliphatic carbocycles. The van der Waals surface area contributed by atoms with Crippen LogP contribution in [0.3, 0.4) is 0 Å². The van der Waals surface area contributed by atoms with Crippen LogP contribution in [0, 0.1) is 0 Å². The zero-order chi connectivity index (χ0) is 13.8. The Morgan fingerprint density at radius 2 is 1.79 bits per heavy atom. The second kappa shape index (κ2) is 5.95. The highest BCUT2D eigenvalue weighted by Crippen LogP contribution is 2.35. The van der Waals surface area contributed by atoms with Crippen LogP contribution >= 0.6 is 23.2 Å². The van der Waals surface area contributed by atoms with Crippen LogP contribution in [0.2, 0.25) is 10.0 Å². The molecule has 0 saturated carbocycles. The van der Waals surface area contributed by atoms with Crippen molar-refractivity contribution in [2.24, 2.45) is 0 Å². The molecule has 0 spiro atoms. The molecule has 2 rings (SSSR count). The van der Waals surface area contributed by atoms with E-state index in [1.165, 1.54) is 0 Å². The lowest BCUT2D eigenvalue weighted by Crippen LogP contribution is -2.04. The topological polar surface area (TPSA) is 49.3 Å². The van der Waals surface area contributed by atoms with E-state index in [-0.39, 0.29) is 6.42 Å². The summed E-state index contributed by atoms with van der Waals surface area (Å²) in [6, 6.07) is 12.6. The Hall–Kier alpha value is -1.71. The first-order chi connectivity index (χ1) is 9.08. The van der Waals surface area contributed by atoms with E-state index >= 15 is 0 Å². The predicted molar refractivity (Wildman–Crippen MR) is 77.5 cm³/mol. The van der Waals surface area contributed by atoms with E-state index in [0.29, 0.717) is 21.3 Å². The van der Waals surface area contributed by atoms with Crippen LogP contribution in [-0.2, 0) is 11.2 Å². The molecule has 0 heterocycles. The Labute approximate surface area is 120 Å². The number of halogens is 2. The molecule has 98 valence electrons. The van der Waals surface area contributed by atoms with E-state index < -0.39 is 5.97 Å². The van der Waals surface area contributed by atoms with Gasteiger partial charge < -0.3 is 10.4 Å². The SMILES string of the molecule is O=C(O)Cc1ccc(Cl)c(Cl)c1Nc1ccccc1. The minimum atomic E-state index is -0.922. The van der Waals surface area contributed by atoms with Gasteiger partial charge in [0.15, 0.2) is 0 Å². The van der Waals surface area contributed by atoms with Crippen molar-refractivity contribution in [2.45, 2.75) is 6.42 Å². The van der Waals surface area contributed by atoms with Gasteiger partial charge in [0.1, 0.15) is 0 Å². The van der Waals surface area contributed by atoms with Gasteiger partial charge in [-0.05, 0) is 23.8 Å². The van der Waals surface area contributed by atoms with Gasteiger partial charge in [0, 0.05) is 5.69 Å². The number of hydrogen-bond donors (Lipinski definition) is 2. The van der Waals surface area contributed by atoms with Gasteiger partial charge in [0.2, 0.25) is 0 Å². The molecule has 2 aromatic carbocycles. The Morgan fingerprint density at radius 3 is 2.42 bits per heavy atom. The molecule has 0 unspecified atom stereocenters. The molecule has 0 aliphatic heterocycles. The van der Waals surface area contributed by atoms with E-state index in [1.54, 1.807) is 12.1 Å². The molecule has 0 bridgehead atoms. The molecule has 0 aliphatic rings. The number of benzene rings is 2. The number of carboxylic acids is 1. The largest absolute Gasteiger partial charge is 0.481 e. The molecule has 0 aromatic heterocycles. The summed E-state index contributed by atoms with van der Waals surface area (Å²) in [5.41, 5.74) is 1.94. The highest BCUT2D eigenvalue weighted by Gasteiger charge is 2.13. The van der Waals surface area contributed by atoms with Crippen molar-refractivity contribution in [1.29, 1.82) is 0 Å². The summed E-state index contributed by atoms with van der Waals surface area (Å²) in [6.07, 6.45) is -0.119. The van der Waals surface area contributed by atoms with Crippen LogP contribution in [-0.4, -0.2) is 11.1 Å². The third kappa shape index (κ3) is 3.40. The maximum atomic E-state index is 10.9. The molecule has 0 amide bonds. The average molecular weight is 296 g/mol. The monoisotopic (exact) mass is 295 g/mol. The van der Waals surface area contributed by atoms with E-state index in [1.807, 2.05) is 30.3 Å². The van der Waals surface area contributed by atoms with Crippen LogP contribution in [0.1, 0.15) is 5.56 Å². The number of carboxylic acid groups (broad SMARTS) is 1. The first-order valence-electron chi connectivity index (χ1n) is 5.58. The van der Waals surface area contributed by atoms with Gasteiger partial charge in [0.25, 0.3) is 0 Å². The molecule has 2 N–H and O–H groups in total. The molecule has 0 saturated heterocycles. The van der Waals surface area contributed by atoms with Crippen molar-refractivity contribution in [3.05, 3.63) is 58.1 Å². The molecule has 0 fully saturated rings. The van der Waals surface area contributed by atoms with Crippen LogP contribution in [0.15, 0.2) is 42.5 Å². The van der Waals surface area contributed by atoms with Gasteiger partial charge in [-0.1, -0.05) is 47.5 Å². The van der Waals surface area contributed by atoms with Gasteiger partial charge in [0.05, 0.1) is 22.2 Å². The summed E-state index contributed by atoms with van der Waals surface area (Å²) in [5.74, 6) is -0.922. The number of aliphatic carboxylic acids is 1. The van der Waals surface area contributed by atoms with Crippen molar-refractivity contribution >= 4 is 40.5 Å². The van der Waals surface area contributed by atoms with Crippen LogP contribution in [0.25, 0.3) is 0 Å². The first-order valence-corrected chi connectivity index (χ1v) is 6.34. The lowest BCUT2D eigenvalue weighted by atomic mass is 10.1. The summed E-state index contributed by atoms with van der Waals surface area (Å²) in [4.78, 5) is 10.9. The average Bonchev–Trinajstić information content (AvgIpc) is 2.39. The summed E-state index contributed by atoms with van der Waals surface area (Å²) in [6.45, 7) is 0. The standard InChI is InChI=1S/C14H11Cl2NO2/c15-11-7-6-9(8-12(18)19)14(13(11)16)17-10-4-2-1-3-5-10/h1-7,17H,8H2,(H,18,19). The van der Waals surface area contributed by atoms with E-state index in [4.69, 9.17) is 28.3 Å². The normalized spacial score (nSPS) is 10.2. The summed E-state index contributed by atoms with van der Waals surface area (Å²) in [7, 11) is 0. The Kier molecular flexibility index (Phi) is 4.30. The fraction of sp³-hybridized carbons (Fsp3) is 0.0714. The fourth-order valence-electron chi connectivity index (χ4n) is 1.70. The first kappa shape index (κ1) is 13.7. The summed E-state index contributed by atoms with van der Waals surface area (Å²) in [5, 5.41) is 12.7. The zero-order valence-corrected chi connectivity index (χ0v) is 11.4. The Bertz CT molecular complexity index is 600. The van der Waals surface area contributed by atoms with Crippen LogP contribution in [0.4, 0.5) is 11.4 Å². The molecule has 3 nitrogen and oxygen atoms in total. The van der Waals surface area contributed by atoms with Crippen molar-refractivity contribution in [3.63, 3.8) is 0 Å². The van der Waals surface area contributed by atoms with Crippen molar-refractivity contribution in [1.82, 2.24) is 0 Å². The fourth-order valence-corrected chi connectivity index (χ4v) is 2.09. The van der Waals surface area contributed by atoms with Crippen LogP contribution < -0.4 is 5.32 Å². The number of hydrogen-bond acceptors (Lipinski definition) is 2. The maximum Gasteiger partial charge on any atom is 0.307 e. The van der Waals surface area contributed by atoms with Gasteiger partial charge in [-0.15, -0.1) is 0 Å². The second-order valence-corrected chi connectivity index (χ2v) is 4.74. The molecule has 19 heavy (non-hydrogen) atoms. The molecule has 0 radical (unpaired) electrons. The quantitative estimate of drug-likeness (QED) is 0.881. The zero-order valence-electron chi connectivity index (χ0n) is 9.86. The van der Waals surface area contributed by atoms with Crippen molar-refractivity contribution in [3.8, 4) is 0 Å². The van der Waals surface area contributed by atoms with Gasteiger partial charge in [-0.25, -0.2) is 0 Å². The molecular weight excluding hydrogens is 285 g/mol. The van der Waals surface area contributed by atoms with Gasteiger partial charge in [-0.2, -0.15) is 0 Å².